The zero-order valence-corrected chi connectivity index (χ0v) is 11.0. The molecule has 0 saturated heterocycles. The summed E-state index contributed by atoms with van der Waals surface area (Å²) in [7, 11) is 0. The molecule has 0 unspecified atom stereocenters. The van der Waals surface area contributed by atoms with Crippen LogP contribution in [-0.2, 0) is 4.74 Å². The lowest BCUT2D eigenvalue weighted by atomic mass is 10.2. The summed E-state index contributed by atoms with van der Waals surface area (Å²) in [5.74, 6) is -0.409. The van der Waals surface area contributed by atoms with Crippen LogP contribution in [0.1, 0.15) is 17.4 Å². The number of rotatable bonds is 3. The number of benzene rings is 1. The lowest BCUT2D eigenvalue weighted by Crippen LogP contribution is -2.04. The predicted molar refractivity (Wildman–Crippen MR) is 74.8 cm³/mol. The molecule has 0 aliphatic heterocycles. The minimum atomic E-state index is -0.409. The highest BCUT2D eigenvalue weighted by Crippen LogP contribution is 2.17. The lowest BCUT2D eigenvalue weighted by molar-refractivity contribution is 0.0520. The first-order valence-corrected chi connectivity index (χ1v) is 6.34. The van der Waals surface area contributed by atoms with Crippen LogP contribution in [0.15, 0.2) is 49.1 Å². The second kappa shape index (κ2) is 5.13. The van der Waals surface area contributed by atoms with E-state index in [4.69, 9.17) is 4.74 Å². The zero-order valence-electron chi connectivity index (χ0n) is 11.0. The van der Waals surface area contributed by atoms with Crippen LogP contribution in [0.25, 0.3) is 16.6 Å². The van der Waals surface area contributed by atoms with Gasteiger partial charge in [0.25, 0.3) is 0 Å². The van der Waals surface area contributed by atoms with Gasteiger partial charge in [0.2, 0.25) is 0 Å². The minimum Gasteiger partial charge on any atom is -0.461 e. The molecule has 3 rings (SSSR count). The zero-order chi connectivity index (χ0) is 13.9. The molecule has 0 spiro atoms. The van der Waals surface area contributed by atoms with Crippen molar-refractivity contribution < 1.29 is 9.53 Å². The molecule has 0 atom stereocenters. The second-order valence-corrected chi connectivity index (χ2v) is 4.27. The average Bonchev–Trinajstić information content (AvgIpc) is 2.97. The third-order valence-corrected chi connectivity index (χ3v) is 2.95. The summed E-state index contributed by atoms with van der Waals surface area (Å²) in [5, 5.41) is 1.04. The van der Waals surface area contributed by atoms with Crippen molar-refractivity contribution in [2.24, 2.45) is 0 Å². The van der Waals surface area contributed by atoms with E-state index in [1.54, 1.807) is 30.2 Å². The highest BCUT2D eigenvalue weighted by molar-refractivity contribution is 5.87. The van der Waals surface area contributed by atoms with Gasteiger partial charge in [0.1, 0.15) is 6.33 Å². The Balaban J connectivity index is 1.96. The van der Waals surface area contributed by atoms with Crippen molar-refractivity contribution in [3.8, 4) is 5.69 Å². The van der Waals surface area contributed by atoms with E-state index in [2.05, 4.69) is 9.97 Å². The molecular formula is C15H13N3O2. The molecule has 5 nitrogen and oxygen atoms in total. The smallest absolute Gasteiger partial charge is 0.358 e. The van der Waals surface area contributed by atoms with Crippen molar-refractivity contribution in [1.29, 1.82) is 0 Å². The molecule has 3 aromatic rings. The van der Waals surface area contributed by atoms with E-state index in [0.717, 1.165) is 16.6 Å². The molecule has 0 bridgehead atoms. The Bertz CT molecular complexity index is 764. The van der Waals surface area contributed by atoms with Gasteiger partial charge in [-0.25, -0.2) is 9.78 Å². The van der Waals surface area contributed by atoms with Crippen molar-refractivity contribution in [3.63, 3.8) is 0 Å². The number of hydrogen-bond donors (Lipinski definition) is 0. The molecule has 1 aromatic carbocycles. The van der Waals surface area contributed by atoms with Gasteiger partial charge in [-0.1, -0.05) is 6.07 Å². The maximum Gasteiger partial charge on any atom is 0.358 e. The van der Waals surface area contributed by atoms with E-state index in [0.29, 0.717) is 12.3 Å². The van der Waals surface area contributed by atoms with Crippen LogP contribution in [0.2, 0.25) is 0 Å². The third kappa shape index (κ3) is 2.25. The van der Waals surface area contributed by atoms with Crippen molar-refractivity contribution in [3.05, 3.63) is 54.7 Å². The van der Waals surface area contributed by atoms with E-state index in [1.807, 2.05) is 30.3 Å². The normalized spacial score (nSPS) is 10.7. The van der Waals surface area contributed by atoms with Crippen LogP contribution in [0.4, 0.5) is 0 Å². The molecule has 20 heavy (non-hydrogen) atoms. The van der Waals surface area contributed by atoms with Gasteiger partial charge in [-0.3, -0.25) is 4.98 Å². The highest BCUT2D eigenvalue weighted by atomic mass is 16.5. The molecule has 100 valence electrons. The first-order valence-electron chi connectivity index (χ1n) is 6.34. The van der Waals surface area contributed by atoms with E-state index in [-0.39, 0.29) is 0 Å². The number of imidazole rings is 1. The number of pyridine rings is 1. The van der Waals surface area contributed by atoms with Gasteiger partial charge in [-0.05, 0) is 31.2 Å². The first kappa shape index (κ1) is 12.3. The van der Waals surface area contributed by atoms with Crippen LogP contribution in [0.5, 0.6) is 0 Å². The summed E-state index contributed by atoms with van der Waals surface area (Å²) in [4.78, 5) is 19.9. The van der Waals surface area contributed by atoms with Crippen molar-refractivity contribution in [2.75, 3.05) is 6.61 Å². The molecule has 0 aliphatic carbocycles. The Kier molecular flexibility index (Phi) is 3.16. The summed E-state index contributed by atoms with van der Waals surface area (Å²) < 4.78 is 6.71. The largest absolute Gasteiger partial charge is 0.461 e. The fourth-order valence-electron chi connectivity index (χ4n) is 2.00. The maximum atomic E-state index is 11.6. The van der Waals surface area contributed by atoms with E-state index in [9.17, 15) is 4.79 Å². The molecule has 0 fully saturated rings. The minimum absolute atomic E-state index is 0.304. The first-order chi connectivity index (χ1) is 9.78. The fourth-order valence-corrected chi connectivity index (χ4v) is 2.00. The van der Waals surface area contributed by atoms with E-state index >= 15 is 0 Å². The van der Waals surface area contributed by atoms with Crippen molar-refractivity contribution >= 4 is 16.9 Å². The van der Waals surface area contributed by atoms with E-state index in [1.165, 1.54) is 0 Å². The van der Waals surface area contributed by atoms with Gasteiger partial charge in [0.15, 0.2) is 5.69 Å². The number of fused-ring (bicyclic) bond motifs is 1. The average molecular weight is 267 g/mol. The van der Waals surface area contributed by atoms with Crippen LogP contribution in [0, 0.1) is 0 Å². The van der Waals surface area contributed by atoms with Crippen molar-refractivity contribution in [2.45, 2.75) is 6.92 Å². The SMILES string of the molecule is CCOC(=O)c1cn(-c2ccc3ncccc3c2)cn1. The third-order valence-electron chi connectivity index (χ3n) is 2.95. The summed E-state index contributed by atoms with van der Waals surface area (Å²) >= 11 is 0. The van der Waals surface area contributed by atoms with Gasteiger partial charge < -0.3 is 9.30 Å². The van der Waals surface area contributed by atoms with E-state index < -0.39 is 5.97 Å². The van der Waals surface area contributed by atoms with Crippen LogP contribution in [-0.4, -0.2) is 27.1 Å². The predicted octanol–water partition coefficient (Wildman–Crippen LogP) is 2.60. The molecule has 0 saturated carbocycles. The number of aromatic nitrogens is 3. The standard InChI is InChI=1S/C15H13N3O2/c1-2-20-15(19)14-9-18(10-17-14)12-5-6-13-11(8-12)4-3-7-16-13/h3-10H,2H2,1H3. The van der Waals surface area contributed by atoms with Gasteiger partial charge >= 0.3 is 5.97 Å². The second-order valence-electron chi connectivity index (χ2n) is 4.27. The molecule has 2 aromatic heterocycles. The molecule has 5 heteroatoms. The number of carbonyl (C=O) groups is 1. The number of carbonyl (C=O) groups excluding carboxylic acids is 1. The van der Waals surface area contributed by atoms with Gasteiger partial charge in [0.05, 0.1) is 12.1 Å². The topological polar surface area (TPSA) is 57.0 Å². The van der Waals surface area contributed by atoms with Crippen LogP contribution < -0.4 is 0 Å². The lowest BCUT2D eigenvalue weighted by Gasteiger charge is -2.03. The van der Waals surface area contributed by atoms with Crippen molar-refractivity contribution in [1.82, 2.24) is 14.5 Å². The number of esters is 1. The fraction of sp³-hybridized carbons (Fsp3) is 0.133. The summed E-state index contributed by atoms with van der Waals surface area (Å²) in [6.45, 7) is 2.11. The quantitative estimate of drug-likeness (QED) is 0.684. The number of hydrogen-bond acceptors (Lipinski definition) is 4. The molecule has 0 aliphatic rings. The number of ether oxygens (including phenoxy) is 1. The van der Waals surface area contributed by atoms with Gasteiger partial charge in [0, 0.05) is 23.5 Å². The summed E-state index contributed by atoms with van der Waals surface area (Å²) in [6.07, 6.45) is 5.03. The summed E-state index contributed by atoms with van der Waals surface area (Å²) in [5.41, 5.74) is 2.16. The summed E-state index contributed by atoms with van der Waals surface area (Å²) in [6, 6.07) is 9.76. The Labute approximate surface area is 115 Å². The molecular weight excluding hydrogens is 254 g/mol. The van der Waals surface area contributed by atoms with Crippen LogP contribution >= 0.6 is 0 Å². The molecule has 0 amide bonds. The molecule has 0 radical (unpaired) electrons. The van der Waals surface area contributed by atoms with Gasteiger partial charge in [-0.2, -0.15) is 0 Å². The number of nitrogens with zero attached hydrogens (tertiary/aromatic N) is 3. The highest BCUT2D eigenvalue weighted by Gasteiger charge is 2.10. The Morgan fingerprint density at radius 2 is 2.20 bits per heavy atom. The Morgan fingerprint density at radius 1 is 1.30 bits per heavy atom. The van der Waals surface area contributed by atoms with Gasteiger partial charge in [-0.15, -0.1) is 0 Å². The van der Waals surface area contributed by atoms with Crippen LogP contribution in [0.3, 0.4) is 0 Å². The molecule has 0 N–H and O–H groups in total. The Hall–Kier alpha value is -2.69. The molecule has 2 heterocycles. The maximum absolute atomic E-state index is 11.6. The monoisotopic (exact) mass is 267 g/mol. The Morgan fingerprint density at radius 3 is 3.05 bits per heavy atom.